The highest BCUT2D eigenvalue weighted by molar-refractivity contribution is 7.13. The zero-order valence-corrected chi connectivity index (χ0v) is 17.2. The molecule has 3 aromatic rings. The summed E-state index contributed by atoms with van der Waals surface area (Å²) in [6.45, 7) is 2.13. The molecule has 0 saturated heterocycles. The maximum Gasteiger partial charge on any atom is 0.329 e. The molecule has 2 aromatic carbocycles. The number of rotatable bonds is 5. The maximum atomic E-state index is 13.1. The standard InChI is InChI=1S/C23H22N2O3S/c1-3-15-8-10-16(11-9-15)22-24-18(14-29-22)13-21(26)25-19-7-5-4-6-17(19)12-20(25)23(27)28-2/h4-11,14,20H,3,12-13H2,1-2H3. The molecule has 0 aliphatic carbocycles. The van der Waals surface area contributed by atoms with Crippen LogP contribution in [-0.4, -0.2) is 30.0 Å². The van der Waals surface area contributed by atoms with Crippen molar-refractivity contribution in [2.75, 3.05) is 12.0 Å². The van der Waals surface area contributed by atoms with Gasteiger partial charge in [0.25, 0.3) is 0 Å². The number of benzene rings is 2. The minimum atomic E-state index is -0.621. The molecule has 5 nitrogen and oxygen atoms in total. The third-order valence-corrected chi connectivity index (χ3v) is 6.15. The van der Waals surface area contributed by atoms with Crippen molar-refractivity contribution in [3.05, 3.63) is 70.7 Å². The molecule has 148 valence electrons. The molecular formula is C23H22N2O3S. The number of amides is 1. The van der Waals surface area contributed by atoms with Crippen molar-refractivity contribution >= 4 is 28.9 Å². The summed E-state index contributed by atoms with van der Waals surface area (Å²) in [5.41, 5.74) is 4.79. The number of ether oxygens (including phenoxy) is 1. The number of aromatic nitrogens is 1. The molecule has 1 amide bonds. The smallest absolute Gasteiger partial charge is 0.329 e. The van der Waals surface area contributed by atoms with Crippen LogP contribution in [-0.2, 0) is 33.6 Å². The van der Waals surface area contributed by atoms with Crippen molar-refractivity contribution in [2.24, 2.45) is 0 Å². The van der Waals surface area contributed by atoms with Crippen molar-refractivity contribution in [3.63, 3.8) is 0 Å². The van der Waals surface area contributed by atoms with Crippen LogP contribution in [0.3, 0.4) is 0 Å². The quantitative estimate of drug-likeness (QED) is 0.600. The Morgan fingerprint density at radius 3 is 2.66 bits per heavy atom. The number of carbonyl (C=O) groups is 2. The third kappa shape index (κ3) is 3.80. The number of para-hydroxylation sites is 1. The summed E-state index contributed by atoms with van der Waals surface area (Å²) in [6.07, 6.45) is 1.61. The fraction of sp³-hybridized carbons (Fsp3) is 0.261. The number of carbonyl (C=O) groups excluding carboxylic acids is 2. The molecule has 0 fully saturated rings. The molecule has 6 heteroatoms. The van der Waals surface area contributed by atoms with E-state index in [1.807, 2.05) is 29.6 Å². The molecule has 0 N–H and O–H groups in total. The second-order valence-electron chi connectivity index (χ2n) is 7.01. The van der Waals surface area contributed by atoms with Crippen LogP contribution in [0.5, 0.6) is 0 Å². The topological polar surface area (TPSA) is 59.5 Å². The lowest BCUT2D eigenvalue weighted by molar-refractivity contribution is -0.143. The van der Waals surface area contributed by atoms with E-state index in [-0.39, 0.29) is 12.3 Å². The van der Waals surface area contributed by atoms with Gasteiger partial charge in [-0.15, -0.1) is 11.3 Å². The van der Waals surface area contributed by atoms with E-state index < -0.39 is 12.0 Å². The minimum Gasteiger partial charge on any atom is -0.467 e. The number of aryl methyl sites for hydroxylation is 1. The Morgan fingerprint density at radius 1 is 1.17 bits per heavy atom. The predicted octanol–water partition coefficient (Wildman–Crippen LogP) is 4.05. The highest BCUT2D eigenvalue weighted by atomic mass is 32.1. The average Bonchev–Trinajstić information content (AvgIpc) is 3.37. The first-order valence-corrected chi connectivity index (χ1v) is 10.5. The Bertz CT molecular complexity index is 1040. The first-order chi connectivity index (χ1) is 14.1. The van der Waals surface area contributed by atoms with Crippen LogP contribution in [0.1, 0.15) is 23.7 Å². The number of nitrogens with zero attached hydrogens (tertiary/aromatic N) is 2. The van der Waals surface area contributed by atoms with Gasteiger partial charge in [0.1, 0.15) is 11.0 Å². The summed E-state index contributed by atoms with van der Waals surface area (Å²) in [5.74, 6) is -0.548. The molecule has 2 heterocycles. The van der Waals surface area contributed by atoms with E-state index in [1.54, 1.807) is 4.90 Å². The Kier molecular flexibility index (Phi) is 5.45. The zero-order chi connectivity index (χ0) is 20.4. The van der Waals surface area contributed by atoms with Gasteiger partial charge in [-0.3, -0.25) is 9.69 Å². The Hall–Kier alpha value is -2.99. The first kappa shape index (κ1) is 19.3. The lowest BCUT2D eigenvalue weighted by atomic mass is 10.1. The monoisotopic (exact) mass is 406 g/mol. The predicted molar refractivity (Wildman–Crippen MR) is 114 cm³/mol. The molecule has 1 unspecified atom stereocenters. The Morgan fingerprint density at radius 2 is 1.93 bits per heavy atom. The van der Waals surface area contributed by atoms with Gasteiger partial charge in [-0.05, 0) is 23.6 Å². The molecule has 0 bridgehead atoms. The number of hydrogen-bond acceptors (Lipinski definition) is 5. The van der Waals surface area contributed by atoms with Gasteiger partial charge >= 0.3 is 5.97 Å². The molecule has 0 saturated carbocycles. The summed E-state index contributed by atoms with van der Waals surface area (Å²) in [6, 6.07) is 15.3. The van der Waals surface area contributed by atoms with E-state index in [9.17, 15) is 9.59 Å². The summed E-state index contributed by atoms with van der Waals surface area (Å²) in [5, 5.41) is 2.80. The molecule has 1 aliphatic rings. The van der Waals surface area contributed by atoms with Crippen LogP contribution in [0.4, 0.5) is 5.69 Å². The average molecular weight is 407 g/mol. The van der Waals surface area contributed by atoms with Crippen molar-refractivity contribution in [1.82, 2.24) is 4.98 Å². The Balaban J connectivity index is 1.55. The summed E-state index contributed by atoms with van der Waals surface area (Å²) in [4.78, 5) is 31.6. The summed E-state index contributed by atoms with van der Waals surface area (Å²) in [7, 11) is 1.35. The van der Waals surface area contributed by atoms with Crippen LogP contribution in [0, 0.1) is 0 Å². The van der Waals surface area contributed by atoms with Crippen molar-refractivity contribution in [2.45, 2.75) is 32.2 Å². The molecule has 1 aliphatic heterocycles. The van der Waals surface area contributed by atoms with E-state index in [0.29, 0.717) is 12.1 Å². The lowest BCUT2D eigenvalue weighted by Gasteiger charge is -2.23. The second-order valence-corrected chi connectivity index (χ2v) is 7.86. The van der Waals surface area contributed by atoms with Crippen LogP contribution in [0.15, 0.2) is 53.9 Å². The van der Waals surface area contributed by atoms with Crippen LogP contribution in [0.25, 0.3) is 10.6 Å². The number of fused-ring (bicyclic) bond motifs is 1. The SMILES string of the molecule is CCc1ccc(-c2nc(CC(=O)N3c4ccccc4CC3C(=O)OC)cs2)cc1. The molecule has 0 spiro atoms. The summed E-state index contributed by atoms with van der Waals surface area (Å²) >= 11 is 1.52. The molecule has 1 aromatic heterocycles. The normalized spacial score (nSPS) is 15.2. The fourth-order valence-corrected chi connectivity index (χ4v) is 4.49. The number of thiazole rings is 1. The summed E-state index contributed by atoms with van der Waals surface area (Å²) < 4.78 is 4.93. The number of anilines is 1. The Labute approximate surface area is 174 Å². The van der Waals surface area contributed by atoms with Crippen LogP contribution in [0.2, 0.25) is 0 Å². The largest absolute Gasteiger partial charge is 0.467 e. The van der Waals surface area contributed by atoms with E-state index in [0.717, 1.165) is 28.2 Å². The van der Waals surface area contributed by atoms with Gasteiger partial charge in [-0.1, -0.05) is 49.4 Å². The lowest BCUT2D eigenvalue weighted by Crippen LogP contribution is -2.44. The van der Waals surface area contributed by atoms with Crippen molar-refractivity contribution in [1.29, 1.82) is 0 Å². The highest BCUT2D eigenvalue weighted by Gasteiger charge is 2.38. The van der Waals surface area contributed by atoms with E-state index in [1.165, 1.54) is 24.0 Å². The zero-order valence-electron chi connectivity index (χ0n) is 16.4. The van der Waals surface area contributed by atoms with Gasteiger partial charge < -0.3 is 4.74 Å². The van der Waals surface area contributed by atoms with Gasteiger partial charge in [0.15, 0.2) is 0 Å². The molecule has 1 atom stereocenters. The number of methoxy groups -OCH3 is 1. The van der Waals surface area contributed by atoms with Crippen LogP contribution >= 0.6 is 11.3 Å². The minimum absolute atomic E-state index is 0.144. The molecular weight excluding hydrogens is 384 g/mol. The second kappa shape index (κ2) is 8.17. The van der Waals surface area contributed by atoms with Crippen molar-refractivity contribution < 1.29 is 14.3 Å². The maximum absolute atomic E-state index is 13.1. The van der Waals surface area contributed by atoms with Gasteiger partial charge in [0, 0.05) is 23.1 Å². The highest BCUT2D eigenvalue weighted by Crippen LogP contribution is 2.33. The molecule has 0 radical (unpaired) electrons. The molecule has 4 rings (SSSR count). The number of hydrogen-bond donors (Lipinski definition) is 0. The van der Waals surface area contributed by atoms with Gasteiger partial charge in [-0.2, -0.15) is 0 Å². The van der Waals surface area contributed by atoms with E-state index in [4.69, 9.17) is 4.74 Å². The van der Waals surface area contributed by atoms with E-state index >= 15 is 0 Å². The third-order valence-electron chi connectivity index (χ3n) is 5.21. The fourth-order valence-electron chi connectivity index (χ4n) is 3.66. The number of esters is 1. The van der Waals surface area contributed by atoms with Gasteiger partial charge in [0.2, 0.25) is 5.91 Å². The first-order valence-electron chi connectivity index (χ1n) is 9.62. The van der Waals surface area contributed by atoms with Gasteiger partial charge in [0.05, 0.1) is 19.2 Å². The molecule has 29 heavy (non-hydrogen) atoms. The van der Waals surface area contributed by atoms with Crippen LogP contribution < -0.4 is 4.90 Å². The van der Waals surface area contributed by atoms with Gasteiger partial charge in [-0.25, -0.2) is 9.78 Å². The van der Waals surface area contributed by atoms with Crippen molar-refractivity contribution in [3.8, 4) is 10.6 Å². The van der Waals surface area contributed by atoms with E-state index in [2.05, 4.69) is 36.2 Å².